The molecular formula is C17H14F3NO. The number of benzene rings is 2. The molecule has 0 heterocycles. The van der Waals surface area contributed by atoms with E-state index in [1.54, 1.807) is 18.2 Å². The van der Waals surface area contributed by atoms with Crippen LogP contribution < -0.4 is 0 Å². The molecular weight excluding hydrogens is 291 g/mol. The average Bonchev–Trinajstić information content (AvgIpc) is 3.30. The van der Waals surface area contributed by atoms with Crippen LogP contribution in [0.1, 0.15) is 28.8 Å². The van der Waals surface area contributed by atoms with Gasteiger partial charge in [0, 0.05) is 24.2 Å². The standard InChI is InChI=1S/C17H14F3NO/c18-12-5-8-14(16(20)9-12)17(22)21(13-6-7-13)10-11-3-1-2-4-15(11)19/h1-5,8-9,13H,6-7,10H2. The first-order valence-corrected chi connectivity index (χ1v) is 7.05. The SMILES string of the molecule is O=C(c1ccc(F)cc1F)N(Cc1ccccc1F)C1CC1. The number of hydrogen-bond acceptors (Lipinski definition) is 1. The molecule has 2 aromatic carbocycles. The molecule has 1 aliphatic rings. The zero-order valence-corrected chi connectivity index (χ0v) is 11.7. The van der Waals surface area contributed by atoms with Gasteiger partial charge < -0.3 is 4.90 Å². The summed E-state index contributed by atoms with van der Waals surface area (Å²) in [7, 11) is 0. The monoisotopic (exact) mass is 305 g/mol. The molecule has 3 rings (SSSR count). The van der Waals surface area contributed by atoms with Crippen LogP contribution in [0.5, 0.6) is 0 Å². The summed E-state index contributed by atoms with van der Waals surface area (Å²) in [5.74, 6) is -2.57. The van der Waals surface area contributed by atoms with E-state index >= 15 is 0 Å². The molecule has 2 nitrogen and oxygen atoms in total. The third-order valence-corrected chi connectivity index (χ3v) is 3.71. The zero-order valence-electron chi connectivity index (χ0n) is 11.7. The molecule has 2 aromatic rings. The van der Waals surface area contributed by atoms with E-state index < -0.39 is 23.4 Å². The molecule has 0 aliphatic heterocycles. The smallest absolute Gasteiger partial charge is 0.257 e. The number of nitrogens with zero attached hydrogens (tertiary/aromatic N) is 1. The fraction of sp³-hybridized carbons (Fsp3) is 0.235. The van der Waals surface area contributed by atoms with E-state index in [2.05, 4.69) is 0 Å². The lowest BCUT2D eigenvalue weighted by atomic mass is 10.1. The van der Waals surface area contributed by atoms with Crippen LogP contribution in [-0.2, 0) is 6.54 Å². The van der Waals surface area contributed by atoms with Gasteiger partial charge in [-0.3, -0.25) is 4.79 Å². The van der Waals surface area contributed by atoms with Gasteiger partial charge >= 0.3 is 0 Å². The maximum Gasteiger partial charge on any atom is 0.257 e. The highest BCUT2D eigenvalue weighted by Gasteiger charge is 2.34. The maximum absolute atomic E-state index is 13.8. The second-order valence-electron chi connectivity index (χ2n) is 5.38. The number of halogens is 3. The third-order valence-electron chi connectivity index (χ3n) is 3.71. The Bertz CT molecular complexity index is 713. The molecule has 0 N–H and O–H groups in total. The van der Waals surface area contributed by atoms with Gasteiger partial charge in [0.25, 0.3) is 5.91 Å². The van der Waals surface area contributed by atoms with Crippen molar-refractivity contribution in [2.75, 3.05) is 0 Å². The average molecular weight is 305 g/mol. The van der Waals surface area contributed by atoms with Crippen molar-refractivity contribution in [3.05, 3.63) is 71.0 Å². The summed E-state index contributed by atoms with van der Waals surface area (Å²) in [5, 5.41) is 0. The number of hydrogen-bond donors (Lipinski definition) is 0. The minimum atomic E-state index is -0.899. The van der Waals surface area contributed by atoms with Gasteiger partial charge in [-0.25, -0.2) is 13.2 Å². The Labute approximate surface area is 126 Å². The molecule has 22 heavy (non-hydrogen) atoms. The van der Waals surface area contributed by atoms with Gasteiger partial charge in [0.1, 0.15) is 17.5 Å². The van der Waals surface area contributed by atoms with Gasteiger partial charge in [0.2, 0.25) is 0 Å². The van der Waals surface area contributed by atoms with E-state index in [4.69, 9.17) is 0 Å². The summed E-state index contributed by atoms with van der Waals surface area (Å²) in [6.45, 7) is 0.0764. The predicted octanol–water partition coefficient (Wildman–Crippen LogP) is 3.91. The van der Waals surface area contributed by atoms with Gasteiger partial charge in [-0.2, -0.15) is 0 Å². The lowest BCUT2D eigenvalue weighted by Crippen LogP contribution is -2.33. The Morgan fingerprint density at radius 1 is 1.05 bits per heavy atom. The van der Waals surface area contributed by atoms with E-state index in [0.717, 1.165) is 25.0 Å². The molecule has 0 aromatic heterocycles. The summed E-state index contributed by atoms with van der Waals surface area (Å²) >= 11 is 0. The number of carbonyl (C=O) groups excluding carboxylic acids is 1. The van der Waals surface area contributed by atoms with Crippen molar-refractivity contribution >= 4 is 5.91 Å². The van der Waals surface area contributed by atoms with Crippen LogP contribution in [0.3, 0.4) is 0 Å². The van der Waals surface area contributed by atoms with E-state index in [1.165, 1.54) is 11.0 Å². The van der Waals surface area contributed by atoms with E-state index in [9.17, 15) is 18.0 Å². The highest BCUT2D eigenvalue weighted by molar-refractivity contribution is 5.94. The molecule has 0 saturated heterocycles. The Morgan fingerprint density at radius 2 is 1.77 bits per heavy atom. The first-order chi connectivity index (χ1) is 10.6. The lowest BCUT2D eigenvalue weighted by molar-refractivity contribution is 0.0723. The summed E-state index contributed by atoms with van der Waals surface area (Å²) in [6, 6.07) is 9.02. The van der Waals surface area contributed by atoms with Gasteiger partial charge in [-0.1, -0.05) is 18.2 Å². The Kier molecular flexibility index (Phi) is 3.88. The molecule has 0 atom stereocenters. The summed E-state index contributed by atoms with van der Waals surface area (Å²) in [6.07, 6.45) is 1.62. The molecule has 0 spiro atoms. The Hall–Kier alpha value is -2.30. The molecule has 0 unspecified atom stereocenters. The summed E-state index contributed by atoms with van der Waals surface area (Å²) in [5.41, 5.74) is 0.190. The van der Waals surface area contributed by atoms with Crippen molar-refractivity contribution in [1.29, 1.82) is 0 Å². The van der Waals surface area contributed by atoms with E-state index in [0.29, 0.717) is 11.6 Å². The van der Waals surface area contributed by atoms with Crippen LogP contribution in [0.4, 0.5) is 13.2 Å². The maximum atomic E-state index is 13.8. The molecule has 0 bridgehead atoms. The van der Waals surface area contributed by atoms with Crippen LogP contribution >= 0.6 is 0 Å². The fourth-order valence-electron chi connectivity index (χ4n) is 2.38. The molecule has 1 amide bonds. The molecule has 0 radical (unpaired) electrons. The first kappa shape index (κ1) is 14.6. The predicted molar refractivity (Wildman–Crippen MR) is 75.7 cm³/mol. The van der Waals surface area contributed by atoms with Crippen LogP contribution in [0.15, 0.2) is 42.5 Å². The van der Waals surface area contributed by atoms with Crippen molar-refractivity contribution in [3.8, 4) is 0 Å². The van der Waals surface area contributed by atoms with Crippen molar-refractivity contribution < 1.29 is 18.0 Å². The van der Waals surface area contributed by atoms with E-state index in [1.807, 2.05) is 0 Å². The second-order valence-corrected chi connectivity index (χ2v) is 5.38. The van der Waals surface area contributed by atoms with Crippen LogP contribution in [0.2, 0.25) is 0 Å². The van der Waals surface area contributed by atoms with Gasteiger partial charge in [0.05, 0.1) is 5.56 Å². The zero-order chi connectivity index (χ0) is 15.7. The van der Waals surface area contributed by atoms with Gasteiger partial charge in [-0.05, 0) is 31.0 Å². The normalized spacial score (nSPS) is 14.0. The fourth-order valence-corrected chi connectivity index (χ4v) is 2.38. The lowest BCUT2D eigenvalue weighted by Gasteiger charge is -2.23. The largest absolute Gasteiger partial charge is 0.331 e. The van der Waals surface area contributed by atoms with Crippen molar-refractivity contribution in [1.82, 2.24) is 4.90 Å². The molecule has 1 fully saturated rings. The Balaban J connectivity index is 1.88. The van der Waals surface area contributed by atoms with Crippen LogP contribution in [0.25, 0.3) is 0 Å². The highest BCUT2D eigenvalue weighted by Crippen LogP contribution is 2.30. The quantitative estimate of drug-likeness (QED) is 0.838. The molecule has 114 valence electrons. The minimum absolute atomic E-state index is 0.0171. The topological polar surface area (TPSA) is 20.3 Å². The number of rotatable bonds is 4. The van der Waals surface area contributed by atoms with Gasteiger partial charge in [0.15, 0.2) is 0 Å². The summed E-state index contributed by atoms with van der Waals surface area (Å²) < 4.78 is 40.5. The van der Waals surface area contributed by atoms with E-state index in [-0.39, 0.29) is 18.2 Å². The number of amides is 1. The van der Waals surface area contributed by atoms with Gasteiger partial charge in [-0.15, -0.1) is 0 Å². The van der Waals surface area contributed by atoms with Crippen molar-refractivity contribution in [2.24, 2.45) is 0 Å². The van der Waals surface area contributed by atoms with Crippen molar-refractivity contribution in [3.63, 3.8) is 0 Å². The molecule has 1 aliphatic carbocycles. The van der Waals surface area contributed by atoms with Crippen molar-refractivity contribution in [2.45, 2.75) is 25.4 Å². The third kappa shape index (κ3) is 2.98. The minimum Gasteiger partial charge on any atom is -0.331 e. The van der Waals surface area contributed by atoms with Crippen LogP contribution in [0, 0.1) is 17.5 Å². The Morgan fingerprint density at radius 3 is 2.41 bits per heavy atom. The number of carbonyl (C=O) groups is 1. The second kappa shape index (κ2) is 5.83. The molecule has 1 saturated carbocycles. The summed E-state index contributed by atoms with van der Waals surface area (Å²) in [4.78, 5) is 14.0. The van der Waals surface area contributed by atoms with Crippen LogP contribution in [-0.4, -0.2) is 16.8 Å². The molecule has 5 heteroatoms. The first-order valence-electron chi connectivity index (χ1n) is 7.05. The highest BCUT2D eigenvalue weighted by atomic mass is 19.1.